The molecule has 3 rings (SSSR count). The van der Waals surface area contributed by atoms with E-state index in [0.717, 1.165) is 6.42 Å². The molecule has 0 atom stereocenters. The molecule has 2 amide bonds. The van der Waals surface area contributed by atoms with Gasteiger partial charge in [-0.1, -0.05) is 30.7 Å². The van der Waals surface area contributed by atoms with Crippen LogP contribution < -0.4 is 25.1 Å². The fourth-order valence-corrected chi connectivity index (χ4v) is 2.57. The van der Waals surface area contributed by atoms with E-state index in [1.165, 1.54) is 17.7 Å². The van der Waals surface area contributed by atoms with Crippen molar-refractivity contribution in [2.24, 2.45) is 0 Å². The van der Waals surface area contributed by atoms with Crippen molar-refractivity contribution in [2.45, 2.75) is 13.3 Å². The number of carbonyl (C=O) groups is 2. The van der Waals surface area contributed by atoms with Crippen molar-refractivity contribution in [3.8, 4) is 17.2 Å². The van der Waals surface area contributed by atoms with E-state index in [9.17, 15) is 9.59 Å². The molecule has 1 heterocycles. The lowest BCUT2D eigenvalue weighted by Crippen LogP contribution is -2.43. The molecular formula is C18H17ClN2O5. The van der Waals surface area contributed by atoms with E-state index >= 15 is 0 Å². The summed E-state index contributed by atoms with van der Waals surface area (Å²) in [4.78, 5) is 23.9. The van der Waals surface area contributed by atoms with Crippen LogP contribution in [0.1, 0.15) is 22.8 Å². The van der Waals surface area contributed by atoms with Gasteiger partial charge in [-0.05, 0) is 36.2 Å². The van der Waals surface area contributed by atoms with E-state index in [-0.39, 0.29) is 24.0 Å². The average Bonchev–Trinajstić information content (AvgIpc) is 3.14. The van der Waals surface area contributed by atoms with E-state index < -0.39 is 11.8 Å². The molecule has 8 heteroatoms. The Balaban J connectivity index is 1.49. The van der Waals surface area contributed by atoms with Crippen LogP contribution in [-0.2, 0) is 11.2 Å². The second kappa shape index (κ2) is 7.97. The summed E-state index contributed by atoms with van der Waals surface area (Å²) < 4.78 is 15.7. The maximum Gasteiger partial charge on any atom is 0.276 e. The standard InChI is InChI=1S/C18H17ClN2O5/c1-2-11-3-5-13(6-4-11)24-9-16(22)20-21-18(23)12-7-14(19)17-15(8-12)25-10-26-17/h3-8H,2,9-10H2,1H3,(H,20,22)(H,21,23). The van der Waals surface area contributed by atoms with Gasteiger partial charge in [0.15, 0.2) is 18.1 Å². The molecule has 2 aromatic carbocycles. The summed E-state index contributed by atoms with van der Waals surface area (Å²) in [5.41, 5.74) is 5.99. The lowest BCUT2D eigenvalue weighted by atomic mass is 10.2. The summed E-state index contributed by atoms with van der Waals surface area (Å²) >= 11 is 6.03. The van der Waals surface area contributed by atoms with Crippen LogP contribution in [-0.4, -0.2) is 25.2 Å². The quantitative estimate of drug-likeness (QED) is 0.783. The lowest BCUT2D eigenvalue weighted by Gasteiger charge is -2.10. The zero-order chi connectivity index (χ0) is 18.5. The molecule has 0 fully saturated rings. The zero-order valence-electron chi connectivity index (χ0n) is 14.0. The smallest absolute Gasteiger partial charge is 0.276 e. The molecule has 0 radical (unpaired) electrons. The first-order chi connectivity index (χ1) is 12.6. The van der Waals surface area contributed by atoms with Gasteiger partial charge < -0.3 is 14.2 Å². The van der Waals surface area contributed by atoms with Crippen LogP contribution in [0.3, 0.4) is 0 Å². The summed E-state index contributed by atoms with van der Waals surface area (Å²) in [5.74, 6) is 0.324. The van der Waals surface area contributed by atoms with Gasteiger partial charge >= 0.3 is 0 Å². The molecule has 1 aliphatic heterocycles. The highest BCUT2D eigenvalue weighted by Gasteiger charge is 2.20. The zero-order valence-corrected chi connectivity index (χ0v) is 14.8. The monoisotopic (exact) mass is 376 g/mol. The minimum Gasteiger partial charge on any atom is -0.484 e. The summed E-state index contributed by atoms with van der Waals surface area (Å²) in [6.45, 7) is 1.88. The van der Waals surface area contributed by atoms with Gasteiger partial charge in [0.2, 0.25) is 6.79 Å². The van der Waals surface area contributed by atoms with Crippen molar-refractivity contribution in [2.75, 3.05) is 13.4 Å². The molecule has 136 valence electrons. The topological polar surface area (TPSA) is 85.9 Å². The average molecular weight is 377 g/mol. The van der Waals surface area contributed by atoms with Gasteiger partial charge in [0, 0.05) is 5.56 Å². The number of aryl methyl sites for hydroxylation is 1. The van der Waals surface area contributed by atoms with E-state index in [4.69, 9.17) is 25.8 Å². The summed E-state index contributed by atoms with van der Waals surface area (Å²) in [7, 11) is 0. The van der Waals surface area contributed by atoms with Crippen molar-refractivity contribution < 1.29 is 23.8 Å². The minimum atomic E-state index is -0.536. The van der Waals surface area contributed by atoms with Crippen LogP contribution in [0.25, 0.3) is 0 Å². The molecule has 0 aromatic heterocycles. The number of hydrazine groups is 1. The van der Waals surface area contributed by atoms with E-state index in [2.05, 4.69) is 17.8 Å². The molecule has 0 bridgehead atoms. The first-order valence-electron chi connectivity index (χ1n) is 7.97. The second-order valence-electron chi connectivity index (χ2n) is 5.48. The van der Waals surface area contributed by atoms with Crippen LogP contribution in [0.15, 0.2) is 36.4 Å². The van der Waals surface area contributed by atoms with E-state index in [1.807, 2.05) is 12.1 Å². The number of fused-ring (bicyclic) bond motifs is 1. The molecule has 1 aliphatic rings. The SMILES string of the molecule is CCc1ccc(OCC(=O)NNC(=O)c2cc(Cl)c3c(c2)OCO3)cc1. The molecule has 0 spiro atoms. The molecule has 2 N–H and O–H groups in total. The first-order valence-corrected chi connectivity index (χ1v) is 8.34. The number of amides is 2. The van der Waals surface area contributed by atoms with Crippen LogP contribution in [0.2, 0.25) is 5.02 Å². The van der Waals surface area contributed by atoms with E-state index in [1.54, 1.807) is 12.1 Å². The Kier molecular flexibility index (Phi) is 5.48. The Morgan fingerprint density at radius 1 is 1.15 bits per heavy atom. The Hall–Kier alpha value is -2.93. The highest BCUT2D eigenvalue weighted by molar-refractivity contribution is 6.32. The highest BCUT2D eigenvalue weighted by atomic mass is 35.5. The molecule has 0 saturated carbocycles. The predicted molar refractivity (Wildman–Crippen MR) is 94.5 cm³/mol. The number of halogens is 1. The van der Waals surface area contributed by atoms with Crippen LogP contribution >= 0.6 is 11.6 Å². The van der Waals surface area contributed by atoms with Crippen molar-refractivity contribution in [3.05, 3.63) is 52.5 Å². The summed E-state index contributed by atoms with van der Waals surface area (Å²) in [6, 6.07) is 10.4. The van der Waals surface area contributed by atoms with E-state index in [0.29, 0.717) is 17.2 Å². The number of nitrogens with one attached hydrogen (secondary N) is 2. The lowest BCUT2D eigenvalue weighted by molar-refractivity contribution is -0.123. The number of hydrogen-bond acceptors (Lipinski definition) is 5. The fourth-order valence-electron chi connectivity index (χ4n) is 2.30. The number of benzene rings is 2. The number of hydrogen-bond donors (Lipinski definition) is 2. The van der Waals surface area contributed by atoms with Gasteiger partial charge in [-0.2, -0.15) is 0 Å². The van der Waals surface area contributed by atoms with Gasteiger partial charge in [0.1, 0.15) is 5.75 Å². The highest BCUT2D eigenvalue weighted by Crippen LogP contribution is 2.39. The molecule has 26 heavy (non-hydrogen) atoms. The van der Waals surface area contributed by atoms with Gasteiger partial charge in [-0.25, -0.2) is 0 Å². The van der Waals surface area contributed by atoms with Gasteiger partial charge in [-0.3, -0.25) is 20.4 Å². The van der Waals surface area contributed by atoms with Gasteiger partial charge in [-0.15, -0.1) is 0 Å². The van der Waals surface area contributed by atoms with Crippen LogP contribution in [0.5, 0.6) is 17.2 Å². The van der Waals surface area contributed by atoms with Crippen molar-refractivity contribution in [3.63, 3.8) is 0 Å². The van der Waals surface area contributed by atoms with Crippen molar-refractivity contribution >= 4 is 23.4 Å². The fraction of sp³-hybridized carbons (Fsp3) is 0.222. The van der Waals surface area contributed by atoms with Crippen molar-refractivity contribution in [1.82, 2.24) is 10.9 Å². The third-order valence-corrected chi connectivity index (χ3v) is 3.99. The third kappa shape index (κ3) is 4.18. The second-order valence-corrected chi connectivity index (χ2v) is 5.89. The first kappa shape index (κ1) is 17.9. The molecular weight excluding hydrogens is 360 g/mol. The molecule has 0 aliphatic carbocycles. The summed E-state index contributed by atoms with van der Waals surface area (Å²) in [6.07, 6.45) is 0.927. The van der Waals surface area contributed by atoms with Gasteiger partial charge in [0.25, 0.3) is 11.8 Å². The number of rotatable bonds is 5. The van der Waals surface area contributed by atoms with Crippen LogP contribution in [0, 0.1) is 0 Å². The largest absolute Gasteiger partial charge is 0.484 e. The Morgan fingerprint density at radius 2 is 1.92 bits per heavy atom. The molecule has 0 unspecified atom stereocenters. The minimum absolute atomic E-state index is 0.0490. The number of ether oxygens (including phenoxy) is 3. The molecule has 0 saturated heterocycles. The van der Waals surface area contributed by atoms with Crippen LogP contribution in [0.4, 0.5) is 0 Å². The Labute approximate surface area is 155 Å². The Bertz CT molecular complexity index is 823. The predicted octanol–water partition coefficient (Wildman–Crippen LogP) is 2.47. The normalized spacial score (nSPS) is 11.8. The molecule has 2 aromatic rings. The third-order valence-electron chi connectivity index (χ3n) is 3.71. The Morgan fingerprint density at radius 3 is 2.65 bits per heavy atom. The molecule has 7 nitrogen and oxygen atoms in total. The summed E-state index contributed by atoms with van der Waals surface area (Å²) in [5, 5.41) is 0.260. The number of carbonyl (C=O) groups excluding carboxylic acids is 2. The maximum absolute atomic E-state index is 12.1. The maximum atomic E-state index is 12.1. The van der Waals surface area contributed by atoms with Crippen molar-refractivity contribution in [1.29, 1.82) is 0 Å². The van der Waals surface area contributed by atoms with Gasteiger partial charge in [0.05, 0.1) is 5.02 Å².